The Hall–Kier alpha value is -2.86. The number of halogens is 1. The second-order valence-electron chi connectivity index (χ2n) is 5.09. The standard InChI is InChI=1S/C18H16ClN3O3/c1-2-24-18(23)15-16(14-8-5-9-25-14)21-11-22-17(15)20-10-12-6-3-4-7-13(12)19/h3-9,11H,2,10H2,1H3,(H,20,21,22). The maximum absolute atomic E-state index is 12.4. The molecule has 0 spiro atoms. The molecule has 7 heteroatoms. The van der Waals surface area contributed by atoms with Gasteiger partial charge in [-0.1, -0.05) is 29.8 Å². The molecule has 6 nitrogen and oxygen atoms in total. The Morgan fingerprint density at radius 2 is 2.08 bits per heavy atom. The van der Waals surface area contributed by atoms with E-state index in [1.807, 2.05) is 18.2 Å². The minimum absolute atomic E-state index is 0.228. The van der Waals surface area contributed by atoms with E-state index in [0.29, 0.717) is 28.8 Å². The highest BCUT2D eigenvalue weighted by molar-refractivity contribution is 6.31. The summed E-state index contributed by atoms with van der Waals surface area (Å²) in [5.41, 5.74) is 1.49. The first kappa shape index (κ1) is 17.0. The van der Waals surface area contributed by atoms with Gasteiger partial charge in [0.25, 0.3) is 0 Å². The SMILES string of the molecule is CCOC(=O)c1c(NCc2ccccc2Cl)ncnc1-c1ccco1. The van der Waals surface area contributed by atoms with Crippen LogP contribution in [0.2, 0.25) is 5.02 Å². The number of rotatable bonds is 6. The van der Waals surface area contributed by atoms with Gasteiger partial charge in [-0.15, -0.1) is 0 Å². The van der Waals surface area contributed by atoms with Crippen LogP contribution in [0.4, 0.5) is 5.82 Å². The van der Waals surface area contributed by atoms with Crippen LogP contribution in [0.25, 0.3) is 11.5 Å². The number of aromatic nitrogens is 2. The van der Waals surface area contributed by atoms with Crippen LogP contribution in [-0.2, 0) is 11.3 Å². The topological polar surface area (TPSA) is 77.2 Å². The molecule has 0 saturated heterocycles. The Balaban J connectivity index is 1.96. The largest absolute Gasteiger partial charge is 0.463 e. The lowest BCUT2D eigenvalue weighted by Crippen LogP contribution is -2.14. The van der Waals surface area contributed by atoms with Gasteiger partial charge in [0.05, 0.1) is 12.9 Å². The van der Waals surface area contributed by atoms with Crippen molar-refractivity contribution in [3.05, 3.63) is 65.1 Å². The molecule has 1 N–H and O–H groups in total. The molecule has 0 bridgehead atoms. The van der Waals surface area contributed by atoms with Gasteiger partial charge < -0.3 is 14.5 Å². The van der Waals surface area contributed by atoms with E-state index >= 15 is 0 Å². The van der Waals surface area contributed by atoms with Crippen molar-refractivity contribution in [3.8, 4) is 11.5 Å². The number of benzene rings is 1. The quantitative estimate of drug-likeness (QED) is 0.667. The van der Waals surface area contributed by atoms with Crippen LogP contribution in [-0.4, -0.2) is 22.5 Å². The molecule has 0 amide bonds. The Kier molecular flexibility index (Phi) is 5.30. The number of esters is 1. The van der Waals surface area contributed by atoms with Crippen LogP contribution in [0, 0.1) is 0 Å². The number of furan rings is 1. The number of carbonyl (C=O) groups excluding carboxylic acids is 1. The third kappa shape index (κ3) is 3.80. The summed E-state index contributed by atoms with van der Waals surface area (Å²) in [5, 5.41) is 3.77. The molecule has 1 aromatic carbocycles. The van der Waals surface area contributed by atoms with Gasteiger partial charge in [0.1, 0.15) is 23.4 Å². The van der Waals surface area contributed by atoms with Gasteiger partial charge in [0.15, 0.2) is 5.76 Å². The number of hydrogen-bond acceptors (Lipinski definition) is 6. The molecule has 128 valence electrons. The van der Waals surface area contributed by atoms with E-state index in [-0.39, 0.29) is 12.2 Å². The van der Waals surface area contributed by atoms with E-state index < -0.39 is 5.97 Å². The molecule has 3 rings (SSSR count). The van der Waals surface area contributed by atoms with Crippen molar-refractivity contribution in [3.63, 3.8) is 0 Å². The Morgan fingerprint density at radius 3 is 2.80 bits per heavy atom. The summed E-state index contributed by atoms with van der Waals surface area (Å²) in [4.78, 5) is 20.8. The van der Waals surface area contributed by atoms with Crippen molar-refractivity contribution in [1.29, 1.82) is 0 Å². The number of nitrogens with zero attached hydrogens (tertiary/aromatic N) is 2. The summed E-state index contributed by atoms with van der Waals surface area (Å²) < 4.78 is 10.5. The minimum atomic E-state index is -0.517. The smallest absolute Gasteiger partial charge is 0.344 e. The first-order chi connectivity index (χ1) is 12.2. The van der Waals surface area contributed by atoms with Crippen molar-refractivity contribution in [2.75, 3.05) is 11.9 Å². The van der Waals surface area contributed by atoms with Crippen LogP contribution in [0.3, 0.4) is 0 Å². The molecule has 0 atom stereocenters. The normalized spacial score (nSPS) is 10.5. The zero-order valence-corrected chi connectivity index (χ0v) is 14.3. The van der Waals surface area contributed by atoms with E-state index in [4.69, 9.17) is 20.8 Å². The second kappa shape index (κ2) is 7.81. The number of anilines is 1. The molecule has 0 aliphatic heterocycles. The molecule has 2 heterocycles. The number of hydrogen-bond donors (Lipinski definition) is 1. The van der Waals surface area contributed by atoms with E-state index in [2.05, 4.69) is 15.3 Å². The summed E-state index contributed by atoms with van der Waals surface area (Å²) in [6.07, 6.45) is 2.89. The molecule has 0 fully saturated rings. The zero-order chi connectivity index (χ0) is 17.6. The molecule has 2 aromatic heterocycles. The van der Waals surface area contributed by atoms with Gasteiger partial charge in [-0.25, -0.2) is 14.8 Å². The van der Waals surface area contributed by atoms with Crippen LogP contribution in [0.5, 0.6) is 0 Å². The minimum Gasteiger partial charge on any atom is -0.463 e. The van der Waals surface area contributed by atoms with E-state index in [1.54, 1.807) is 25.1 Å². The third-order valence-electron chi connectivity index (χ3n) is 3.49. The lowest BCUT2D eigenvalue weighted by molar-refractivity contribution is 0.0527. The average molecular weight is 358 g/mol. The third-order valence-corrected chi connectivity index (χ3v) is 3.85. The Labute approximate surface area is 149 Å². The maximum atomic E-state index is 12.4. The Morgan fingerprint density at radius 1 is 1.24 bits per heavy atom. The summed E-state index contributed by atoms with van der Waals surface area (Å²) >= 11 is 6.18. The highest BCUT2D eigenvalue weighted by atomic mass is 35.5. The molecule has 0 aliphatic rings. The van der Waals surface area contributed by atoms with Crippen molar-refractivity contribution in [2.24, 2.45) is 0 Å². The van der Waals surface area contributed by atoms with Crippen molar-refractivity contribution in [2.45, 2.75) is 13.5 Å². The predicted molar refractivity (Wildman–Crippen MR) is 94.5 cm³/mol. The fraction of sp³-hybridized carbons (Fsp3) is 0.167. The van der Waals surface area contributed by atoms with Gasteiger partial charge in [-0.3, -0.25) is 0 Å². The van der Waals surface area contributed by atoms with Crippen LogP contribution < -0.4 is 5.32 Å². The molecule has 3 aromatic rings. The first-order valence-electron chi connectivity index (χ1n) is 7.74. The van der Waals surface area contributed by atoms with Gasteiger partial charge >= 0.3 is 5.97 Å². The average Bonchev–Trinajstić information content (AvgIpc) is 3.15. The Bertz CT molecular complexity index is 866. The van der Waals surface area contributed by atoms with Crippen LogP contribution >= 0.6 is 11.6 Å². The summed E-state index contributed by atoms with van der Waals surface area (Å²) in [6.45, 7) is 2.39. The highest BCUT2D eigenvalue weighted by Gasteiger charge is 2.23. The molecule has 0 aliphatic carbocycles. The predicted octanol–water partition coefficient (Wildman–Crippen LogP) is 4.18. The van der Waals surface area contributed by atoms with Gasteiger partial charge in [-0.2, -0.15) is 0 Å². The van der Waals surface area contributed by atoms with E-state index in [0.717, 1.165) is 5.56 Å². The summed E-state index contributed by atoms with van der Waals surface area (Å²) in [6, 6.07) is 10.9. The molecule has 0 radical (unpaired) electrons. The van der Waals surface area contributed by atoms with Gasteiger partial charge in [0, 0.05) is 11.6 Å². The number of ether oxygens (including phenoxy) is 1. The second-order valence-corrected chi connectivity index (χ2v) is 5.50. The van der Waals surface area contributed by atoms with Crippen LogP contribution in [0.15, 0.2) is 53.4 Å². The van der Waals surface area contributed by atoms with Crippen molar-refractivity contribution >= 4 is 23.4 Å². The van der Waals surface area contributed by atoms with Crippen LogP contribution in [0.1, 0.15) is 22.8 Å². The molecule has 25 heavy (non-hydrogen) atoms. The molecular weight excluding hydrogens is 342 g/mol. The molecule has 0 saturated carbocycles. The van der Waals surface area contributed by atoms with E-state index in [9.17, 15) is 4.79 Å². The lowest BCUT2D eigenvalue weighted by atomic mass is 10.1. The van der Waals surface area contributed by atoms with Gasteiger partial charge in [-0.05, 0) is 30.7 Å². The lowest BCUT2D eigenvalue weighted by Gasteiger charge is -2.13. The fourth-order valence-electron chi connectivity index (χ4n) is 2.34. The molecule has 0 unspecified atom stereocenters. The molecular formula is C18H16ClN3O3. The fourth-order valence-corrected chi connectivity index (χ4v) is 2.54. The summed E-state index contributed by atoms with van der Waals surface area (Å²) in [5.74, 6) is 0.308. The number of carbonyl (C=O) groups is 1. The number of nitrogens with one attached hydrogen (secondary N) is 1. The first-order valence-corrected chi connectivity index (χ1v) is 8.11. The summed E-state index contributed by atoms with van der Waals surface area (Å²) in [7, 11) is 0. The van der Waals surface area contributed by atoms with Gasteiger partial charge in [0.2, 0.25) is 0 Å². The monoisotopic (exact) mass is 357 g/mol. The maximum Gasteiger partial charge on any atom is 0.344 e. The van der Waals surface area contributed by atoms with Crippen molar-refractivity contribution in [1.82, 2.24) is 9.97 Å². The highest BCUT2D eigenvalue weighted by Crippen LogP contribution is 2.27. The zero-order valence-electron chi connectivity index (χ0n) is 13.5. The van der Waals surface area contributed by atoms with Crippen molar-refractivity contribution < 1.29 is 13.9 Å². The van der Waals surface area contributed by atoms with E-state index in [1.165, 1.54) is 12.6 Å².